The molecule has 0 aromatic carbocycles. The van der Waals surface area contributed by atoms with Crippen LogP contribution in [-0.4, -0.2) is 25.4 Å². The molecule has 2 heterocycles. The number of amidine groups is 1. The first-order valence-corrected chi connectivity index (χ1v) is 6.20. The third-order valence-corrected chi connectivity index (χ3v) is 3.65. The molecule has 0 saturated carbocycles. The van der Waals surface area contributed by atoms with Crippen molar-refractivity contribution in [2.75, 3.05) is 0 Å². The van der Waals surface area contributed by atoms with Gasteiger partial charge >= 0.3 is 0 Å². The van der Waals surface area contributed by atoms with Crippen LogP contribution in [0.15, 0.2) is 32.7 Å². The van der Waals surface area contributed by atoms with Gasteiger partial charge in [-0.2, -0.15) is 4.37 Å². The SMILES string of the molecule is Cc1nsc(Sc2ccnc(C(N)=NO)c2)n1. The molecule has 17 heavy (non-hydrogen) atoms. The molecule has 0 bridgehead atoms. The highest BCUT2D eigenvalue weighted by Crippen LogP contribution is 2.28. The van der Waals surface area contributed by atoms with E-state index in [0.717, 1.165) is 15.1 Å². The van der Waals surface area contributed by atoms with Gasteiger partial charge in [0.15, 0.2) is 10.2 Å². The van der Waals surface area contributed by atoms with Crippen LogP contribution in [0.5, 0.6) is 0 Å². The number of rotatable bonds is 3. The molecule has 0 fully saturated rings. The van der Waals surface area contributed by atoms with Gasteiger partial charge in [0, 0.05) is 11.1 Å². The fraction of sp³-hybridized carbons (Fsp3) is 0.111. The van der Waals surface area contributed by atoms with Crippen LogP contribution in [0.1, 0.15) is 11.5 Å². The third-order valence-electron chi connectivity index (χ3n) is 1.82. The van der Waals surface area contributed by atoms with Crippen LogP contribution in [0.3, 0.4) is 0 Å². The van der Waals surface area contributed by atoms with E-state index >= 15 is 0 Å². The van der Waals surface area contributed by atoms with Crippen LogP contribution in [0.25, 0.3) is 0 Å². The molecule has 0 unspecified atom stereocenters. The zero-order valence-electron chi connectivity index (χ0n) is 8.86. The Kier molecular flexibility index (Phi) is 3.55. The van der Waals surface area contributed by atoms with Crippen molar-refractivity contribution in [1.82, 2.24) is 14.3 Å². The van der Waals surface area contributed by atoms with E-state index in [-0.39, 0.29) is 5.84 Å². The first kappa shape index (κ1) is 11.8. The molecule has 3 N–H and O–H groups in total. The molecule has 2 aromatic heterocycles. The molecule has 2 aromatic rings. The summed E-state index contributed by atoms with van der Waals surface area (Å²) < 4.78 is 4.94. The topological polar surface area (TPSA) is 97.3 Å². The van der Waals surface area contributed by atoms with Gasteiger partial charge in [-0.25, -0.2) is 4.98 Å². The Morgan fingerprint density at radius 3 is 3.06 bits per heavy atom. The number of aromatic nitrogens is 3. The molecule has 0 aliphatic rings. The number of nitrogens with two attached hydrogens (primary N) is 1. The number of aryl methyl sites for hydroxylation is 1. The maximum absolute atomic E-state index is 8.57. The lowest BCUT2D eigenvalue weighted by Gasteiger charge is -2.00. The molecule has 2 rings (SSSR count). The Morgan fingerprint density at radius 2 is 2.41 bits per heavy atom. The summed E-state index contributed by atoms with van der Waals surface area (Å²) >= 11 is 2.80. The van der Waals surface area contributed by atoms with E-state index in [1.165, 1.54) is 23.3 Å². The zero-order chi connectivity index (χ0) is 12.3. The summed E-state index contributed by atoms with van der Waals surface area (Å²) in [6.07, 6.45) is 1.60. The normalized spacial score (nSPS) is 11.7. The average molecular weight is 267 g/mol. The summed E-state index contributed by atoms with van der Waals surface area (Å²) in [5, 5.41) is 11.5. The lowest BCUT2D eigenvalue weighted by Crippen LogP contribution is -2.14. The highest BCUT2D eigenvalue weighted by Gasteiger charge is 2.06. The lowest BCUT2D eigenvalue weighted by atomic mass is 10.3. The average Bonchev–Trinajstić information content (AvgIpc) is 2.74. The van der Waals surface area contributed by atoms with E-state index in [1.807, 2.05) is 13.0 Å². The highest BCUT2D eigenvalue weighted by atomic mass is 32.2. The van der Waals surface area contributed by atoms with Crippen molar-refractivity contribution < 1.29 is 5.21 Å². The van der Waals surface area contributed by atoms with Crippen molar-refractivity contribution >= 4 is 29.1 Å². The molecule has 8 heteroatoms. The predicted octanol–water partition coefficient (Wildman–Crippen LogP) is 1.49. The number of oxime groups is 1. The Labute approximate surface area is 106 Å². The van der Waals surface area contributed by atoms with Crippen LogP contribution >= 0.6 is 23.3 Å². The molecule has 88 valence electrons. The van der Waals surface area contributed by atoms with Gasteiger partial charge in [0.05, 0.1) is 0 Å². The van der Waals surface area contributed by atoms with E-state index in [4.69, 9.17) is 10.9 Å². The highest BCUT2D eigenvalue weighted by molar-refractivity contribution is 8.01. The molecule has 0 aliphatic heterocycles. The largest absolute Gasteiger partial charge is 0.409 e. The van der Waals surface area contributed by atoms with E-state index in [9.17, 15) is 0 Å². The van der Waals surface area contributed by atoms with Crippen LogP contribution < -0.4 is 5.73 Å². The molecule has 0 spiro atoms. The van der Waals surface area contributed by atoms with Gasteiger partial charge in [-0.3, -0.25) is 4.98 Å². The van der Waals surface area contributed by atoms with Crippen LogP contribution in [0.2, 0.25) is 0 Å². The third kappa shape index (κ3) is 2.92. The van der Waals surface area contributed by atoms with Crippen molar-refractivity contribution in [3.05, 3.63) is 29.8 Å². The van der Waals surface area contributed by atoms with E-state index in [2.05, 4.69) is 19.5 Å². The minimum Gasteiger partial charge on any atom is -0.409 e. The second-order valence-corrected chi connectivity index (χ2v) is 5.14. The minimum atomic E-state index is -0.0131. The second kappa shape index (κ2) is 5.11. The number of hydrogen-bond acceptors (Lipinski definition) is 7. The van der Waals surface area contributed by atoms with Gasteiger partial charge < -0.3 is 10.9 Å². The van der Waals surface area contributed by atoms with Gasteiger partial charge in [-0.1, -0.05) is 16.9 Å². The monoisotopic (exact) mass is 267 g/mol. The van der Waals surface area contributed by atoms with E-state index in [0.29, 0.717) is 5.69 Å². The van der Waals surface area contributed by atoms with Gasteiger partial charge in [0.1, 0.15) is 11.5 Å². The Hall–Kier alpha value is -1.67. The smallest absolute Gasteiger partial charge is 0.188 e. The molecule has 0 aliphatic carbocycles. The summed E-state index contributed by atoms with van der Waals surface area (Å²) in [6, 6.07) is 3.56. The number of nitrogens with zero attached hydrogens (tertiary/aromatic N) is 4. The molecular formula is C9H9N5OS2. The van der Waals surface area contributed by atoms with E-state index in [1.54, 1.807) is 12.3 Å². The summed E-state index contributed by atoms with van der Waals surface area (Å²) in [7, 11) is 0. The summed E-state index contributed by atoms with van der Waals surface area (Å²) in [5.74, 6) is 0.740. The standard InChI is InChI=1S/C9H9N5OS2/c1-5-12-9(17-14-5)16-6-2-3-11-7(4-6)8(10)13-15/h2-4,15H,1H3,(H2,10,13). The molecule has 6 nitrogen and oxygen atoms in total. The van der Waals surface area contributed by atoms with Crippen LogP contribution in [-0.2, 0) is 0 Å². The fourth-order valence-corrected chi connectivity index (χ4v) is 2.74. The quantitative estimate of drug-likeness (QED) is 0.378. The van der Waals surface area contributed by atoms with Gasteiger partial charge in [0.2, 0.25) is 0 Å². The first-order chi connectivity index (χ1) is 8.19. The summed E-state index contributed by atoms with van der Waals surface area (Å²) in [5.41, 5.74) is 5.89. The van der Waals surface area contributed by atoms with Crippen LogP contribution in [0.4, 0.5) is 0 Å². The van der Waals surface area contributed by atoms with Crippen molar-refractivity contribution in [3.8, 4) is 0 Å². The lowest BCUT2D eigenvalue weighted by molar-refractivity contribution is 0.318. The van der Waals surface area contributed by atoms with Crippen molar-refractivity contribution in [2.24, 2.45) is 10.9 Å². The molecule has 0 radical (unpaired) electrons. The van der Waals surface area contributed by atoms with Gasteiger partial charge in [-0.15, -0.1) is 0 Å². The minimum absolute atomic E-state index is 0.0131. The summed E-state index contributed by atoms with van der Waals surface area (Å²) in [4.78, 5) is 9.15. The van der Waals surface area contributed by atoms with Crippen molar-refractivity contribution in [1.29, 1.82) is 0 Å². The predicted molar refractivity (Wildman–Crippen MR) is 65.5 cm³/mol. The number of pyridine rings is 1. The summed E-state index contributed by atoms with van der Waals surface area (Å²) in [6.45, 7) is 1.84. The maximum atomic E-state index is 8.57. The molecule has 0 amide bonds. The first-order valence-electron chi connectivity index (χ1n) is 4.61. The molecule has 0 saturated heterocycles. The molecule has 0 atom stereocenters. The zero-order valence-corrected chi connectivity index (χ0v) is 10.5. The Bertz CT molecular complexity index is 554. The van der Waals surface area contributed by atoms with Crippen molar-refractivity contribution in [2.45, 2.75) is 16.2 Å². The van der Waals surface area contributed by atoms with Crippen LogP contribution in [0, 0.1) is 6.92 Å². The van der Waals surface area contributed by atoms with Crippen molar-refractivity contribution in [3.63, 3.8) is 0 Å². The molecular weight excluding hydrogens is 258 g/mol. The second-order valence-electron chi connectivity index (χ2n) is 3.07. The van der Waals surface area contributed by atoms with E-state index < -0.39 is 0 Å². The van der Waals surface area contributed by atoms with Gasteiger partial charge in [-0.05, 0) is 30.6 Å². The Morgan fingerprint density at radius 1 is 1.59 bits per heavy atom. The maximum Gasteiger partial charge on any atom is 0.188 e. The fourth-order valence-electron chi connectivity index (χ4n) is 1.09. The number of hydrogen-bond donors (Lipinski definition) is 2. The Balaban J connectivity index is 2.22. The van der Waals surface area contributed by atoms with Gasteiger partial charge in [0.25, 0.3) is 0 Å².